The number of aliphatic imine (C=N–C) groups is 1. The van der Waals surface area contributed by atoms with Crippen molar-refractivity contribution in [1.82, 2.24) is 16.0 Å². The molecule has 0 bridgehead atoms. The Morgan fingerprint density at radius 3 is 2.46 bits per heavy atom. The van der Waals surface area contributed by atoms with Gasteiger partial charge in [0.1, 0.15) is 0 Å². The van der Waals surface area contributed by atoms with E-state index in [-0.39, 0.29) is 47.7 Å². The van der Waals surface area contributed by atoms with Crippen LogP contribution in [-0.4, -0.2) is 37.1 Å². The van der Waals surface area contributed by atoms with Crippen molar-refractivity contribution >= 4 is 35.8 Å². The van der Waals surface area contributed by atoms with Crippen LogP contribution in [0.25, 0.3) is 0 Å². The van der Waals surface area contributed by atoms with Crippen LogP contribution < -0.4 is 20.7 Å². The van der Waals surface area contributed by atoms with Gasteiger partial charge in [-0.2, -0.15) is 0 Å². The fourth-order valence-corrected chi connectivity index (χ4v) is 2.05. The molecule has 0 atom stereocenters. The van der Waals surface area contributed by atoms with Gasteiger partial charge in [-0.3, -0.25) is 4.79 Å². The number of carbonyl (C=O) groups excluding carboxylic acids is 1. The maximum Gasteiger partial charge on any atom is 0.239 e. The highest BCUT2D eigenvalue weighted by molar-refractivity contribution is 14.0. The highest BCUT2D eigenvalue weighted by Gasteiger charge is 2.13. The SMILES string of the molecule is CCNC(=NCc1ccc(OCC)c(F)c1)NCC(=O)NC(C)(C)C.I. The van der Waals surface area contributed by atoms with Gasteiger partial charge in [-0.25, -0.2) is 9.38 Å². The zero-order valence-corrected chi connectivity index (χ0v) is 18.4. The van der Waals surface area contributed by atoms with E-state index in [9.17, 15) is 9.18 Å². The Labute approximate surface area is 172 Å². The zero-order valence-electron chi connectivity index (χ0n) is 16.1. The number of hydrogen-bond acceptors (Lipinski definition) is 3. The Balaban J connectivity index is 0.00000625. The van der Waals surface area contributed by atoms with Gasteiger partial charge in [0.05, 0.1) is 19.7 Å². The molecule has 0 fully saturated rings. The molecular weight excluding hydrogens is 450 g/mol. The average molecular weight is 480 g/mol. The first-order valence-electron chi connectivity index (χ1n) is 8.49. The van der Waals surface area contributed by atoms with Gasteiger partial charge < -0.3 is 20.7 Å². The molecule has 1 aromatic rings. The number of amides is 1. The smallest absolute Gasteiger partial charge is 0.239 e. The van der Waals surface area contributed by atoms with Gasteiger partial charge in [0.25, 0.3) is 0 Å². The van der Waals surface area contributed by atoms with E-state index in [1.165, 1.54) is 6.07 Å². The normalized spacial score (nSPS) is 11.4. The molecule has 0 aliphatic carbocycles. The molecule has 0 aromatic heterocycles. The fourth-order valence-electron chi connectivity index (χ4n) is 2.05. The summed E-state index contributed by atoms with van der Waals surface area (Å²) in [4.78, 5) is 16.2. The molecule has 0 saturated heterocycles. The molecular formula is C18H30FIN4O2. The molecule has 1 aromatic carbocycles. The molecule has 0 heterocycles. The van der Waals surface area contributed by atoms with E-state index in [4.69, 9.17) is 4.74 Å². The number of nitrogens with one attached hydrogen (secondary N) is 3. The first kappa shape index (κ1) is 24.4. The highest BCUT2D eigenvalue weighted by Crippen LogP contribution is 2.18. The number of guanidine groups is 1. The van der Waals surface area contributed by atoms with Crippen LogP contribution in [0, 0.1) is 5.82 Å². The summed E-state index contributed by atoms with van der Waals surface area (Å²) < 4.78 is 19.0. The zero-order chi connectivity index (χ0) is 18.9. The Hall–Kier alpha value is -1.58. The average Bonchev–Trinajstić information content (AvgIpc) is 2.51. The summed E-state index contributed by atoms with van der Waals surface area (Å²) in [5.74, 6) is 0.210. The monoisotopic (exact) mass is 480 g/mol. The summed E-state index contributed by atoms with van der Waals surface area (Å²) in [6.45, 7) is 11.0. The van der Waals surface area contributed by atoms with Gasteiger partial charge in [0.2, 0.25) is 5.91 Å². The minimum atomic E-state index is -0.405. The third kappa shape index (κ3) is 9.79. The van der Waals surface area contributed by atoms with Crippen LogP contribution in [0.4, 0.5) is 4.39 Å². The quantitative estimate of drug-likeness (QED) is 0.319. The lowest BCUT2D eigenvalue weighted by atomic mass is 10.1. The Morgan fingerprint density at radius 1 is 1.23 bits per heavy atom. The number of carbonyl (C=O) groups is 1. The third-order valence-electron chi connectivity index (χ3n) is 2.99. The molecule has 8 heteroatoms. The van der Waals surface area contributed by atoms with Crippen LogP contribution >= 0.6 is 24.0 Å². The van der Waals surface area contributed by atoms with Crippen molar-refractivity contribution < 1.29 is 13.9 Å². The van der Waals surface area contributed by atoms with Crippen molar-refractivity contribution in [2.75, 3.05) is 19.7 Å². The second-order valence-electron chi connectivity index (χ2n) is 6.54. The second-order valence-corrected chi connectivity index (χ2v) is 6.54. The molecule has 0 aliphatic rings. The van der Waals surface area contributed by atoms with E-state index in [0.29, 0.717) is 25.7 Å². The number of halogens is 2. The predicted molar refractivity (Wildman–Crippen MR) is 114 cm³/mol. The molecule has 0 aliphatic heterocycles. The van der Waals surface area contributed by atoms with Crippen molar-refractivity contribution in [3.8, 4) is 5.75 Å². The summed E-state index contributed by atoms with van der Waals surface area (Å²) >= 11 is 0. The summed E-state index contributed by atoms with van der Waals surface area (Å²) in [6.07, 6.45) is 0. The van der Waals surface area contributed by atoms with Gasteiger partial charge in [0.15, 0.2) is 17.5 Å². The van der Waals surface area contributed by atoms with E-state index >= 15 is 0 Å². The molecule has 0 spiro atoms. The van der Waals surface area contributed by atoms with Crippen LogP contribution in [0.3, 0.4) is 0 Å². The molecule has 1 rings (SSSR count). The molecule has 148 valence electrons. The van der Waals surface area contributed by atoms with Gasteiger partial charge in [-0.05, 0) is 52.3 Å². The van der Waals surface area contributed by atoms with E-state index in [0.717, 1.165) is 5.56 Å². The van der Waals surface area contributed by atoms with Crippen molar-refractivity contribution in [3.05, 3.63) is 29.6 Å². The molecule has 0 saturated carbocycles. The summed E-state index contributed by atoms with van der Waals surface area (Å²) in [5, 5.41) is 8.89. The molecule has 3 N–H and O–H groups in total. The van der Waals surface area contributed by atoms with Crippen LogP contribution in [0.2, 0.25) is 0 Å². The van der Waals surface area contributed by atoms with Gasteiger partial charge >= 0.3 is 0 Å². The summed E-state index contributed by atoms with van der Waals surface area (Å²) in [6, 6.07) is 4.78. The minimum Gasteiger partial charge on any atom is -0.491 e. The number of benzene rings is 1. The molecule has 6 nitrogen and oxygen atoms in total. The number of nitrogens with zero attached hydrogens (tertiary/aromatic N) is 1. The topological polar surface area (TPSA) is 74.8 Å². The van der Waals surface area contributed by atoms with Crippen molar-refractivity contribution in [1.29, 1.82) is 0 Å². The van der Waals surface area contributed by atoms with E-state index in [2.05, 4.69) is 20.9 Å². The highest BCUT2D eigenvalue weighted by atomic mass is 127. The molecule has 0 unspecified atom stereocenters. The largest absolute Gasteiger partial charge is 0.491 e. The number of ether oxygens (including phenoxy) is 1. The van der Waals surface area contributed by atoms with Crippen LogP contribution in [0.1, 0.15) is 40.2 Å². The maximum absolute atomic E-state index is 13.9. The van der Waals surface area contributed by atoms with E-state index in [1.807, 2.05) is 34.6 Å². The first-order chi connectivity index (χ1) is 11.7. The number of rotatable bonds is 7. The molecule has 1 amide bonds. The maximum atomic E-state index is 13.9. The summed E-state index contributed by atoms with van der Waals surface area (Å²) in [7, 11) is 0. The summed E-state index contributed by atoms with van der Waals surface area (Å²) in [5.41, 5.74) is 0.436. The van der Waals surface area contributed by atoms with Crippen LogP contribution in [0.15, 0.2) is 23.2 Å². The lowest BCUT2D eigenvalue weighted by Gasteiger charge is -2.21. The van der Waals surface area contributed by atoms with E-state index < -0.39 is 5.82 Å². The fraction of sp³-hybridized carbons (Fsp3) is 0.556. The Kier molecular flexibility index (Phi) is 11.2. The lowest BCUT2D eigenvalue weighted by molar-refractivity contribution is -0.121. The first-order valence-corrected chi connectivity index (χ1v) is 8.49. The predicted octanol–water partition coefficient (Wildman–Crippen LogP) is 2.81. The standard InChI is InChI=1S/C18H29FN4O2.HI/c1-6-20-17(22-12-16(24)23-18(3,4)5)21-11-13-8-9-15(25-7-2)14(19)10-13;/h8-10H,6-7,11-12H2,1-5H3,(H,23,24)(H2,20,21,22);1H. The lowest BCUT2D eigenvalue weighted by Crippen LogP contribution is -2.48. The van der Waals surface area contributed by atoms with Gasteiger partial charge in [-0.15, -0.1) is 24.0 Å². The van der Waals surface area contributed by atoms with Crippen LogP contribution in [0.5, 0.6) is 5.75 Å². The number of hydrogen-bond donors (Lipinski definition) is 3. The van der Waals surface area contributed by atoms with Crippen LogP contribution in [-0.2, 0) is 11.3 Å². The Bertz CT molecular complexity index is 603. The Morgan fingerprint density at radius 2 is 1.92 bits per heavy atom. The van der Waals surface area contributed by atoms with Gasteiger partial charge in [-0.1, -0.05) is 6.07 Å². The minimum absolute atomic E-state index is 0. The third-order valence-corrected chi connectivity index (χ3v) is 2.99. The van der Waals surface area contributed by atoms with Crippen molar-refractivity contribution in [3.63, 3.8) is 0 Å². The van der Waals surface area contributed by atoms with Gasteiger partial charge in [0, 0.05) is 12.1 Å². The van der Waals surface area contributed by atoms with Crippen molar-refractivity contribution in [2.24, 2.45) is 4.99 Å². The molecule has 0 radical (unpaired) electrons. The van der Waals surface area contributed by atoms with E-state index in [1.54, 1.807) is 12.1 Å². The second kappa shape index (κ2) is 11.9. The van der Waals surface area contributed by atoms with Crippen molar-refractivity contribution in [2.45, 2.75) is 46.7 Å². The molecule has 26 heavy (non-hydrogen) atoms.